The molecule has 0 N–H and O–H groups in total. The van der Waals surface area contributed by atoms with Gasteiger partial charge >= 0.3 is 12.2 Å². The van der Waals surface area contributed by atoms with Gasteiger partial charge in [0.1, 0.15) is 13.2 Å². The van der Waals surface area contributed by atoms with Crippen LogP contribution in [0.5, 0.6) is 0 Å². The molecule has 2 fully saturated rings. The molecule has 0 atom stereocenters. The van der Waals surface area contributed by atoms with E-state index in [1.165, 1.54) is 21.6 Å². The average Bonchev–Trinajstić information content (AvgIpc) is 3.60. The highest BCUT2D eigenvalue weighted by Crippen LogP contribution is 2.32. The van der Waals surface area contributed by atoms with Crippen molar-refractivity contribution < 1.29 is 19.1 Å². The normalized spacial score (nSPS) is 17.7. The van der Waals surface area contributed by atoms with Crippen LogP contribution < -0.4 is 14.7 Å². The highest BCUT2D eigenvalue weighted by Gasteiger charge is 2.26. The second-order valence-electron chi connectivity index (χ2n) is 8.61. The van der Waals surface area contributed by atoms with Crippen molar-refractivity contribution in [2.24, 2.45) is 0 Å². The zero-order valence-corrected chi connectivity index (χ0v) is 19.4. The maximum atomic E-state index is 11.9. The molecule has 3 aromatic rings. The first-order valence-electron chi connectivity index (χ1n) is 11.4. The molecular weight excluding hydrogens is 452 g/mol. The number of amides is 2. The Morgan fingerprint density at radius 2 is 1.56 bits per heavy atom. The minimum atomic E-state index is -0.282. The largest absolute Gasteiger partial charge is 0.447 e. The van der Waals surface area contributed by atoms with Gasteiger partial charge in [-0.25, -0.2) is 14.6 Å². The standard InChI is InChI=1S/C25H24N4O4S/c30-24-28(9-11-32-24)20-4-1-17(2-5-20)13-22-15-26-23(34-22)27-8-7-18-3-6-21(14-19(18)16-27)29-10-12-33-25(29)31/h1-6,14-15H,7-13,16H2. The van der Waals surface area contributed by atoms with Crippen molar-refractivity contribution in [1.82, 2.24) is 4.98 Å². The number of hydrogen-bond donors (Lipinski definition) is 0. The molecule has 8 nitrogen and oxygen atoms in total. The Hall–Kier alpha value is -3.59. The lowest BCUT2D eigenvalue weighted by molar-refractivity contribution is 0.180. The number of hydrogen-bond acceptors (Lipinski definition) is 7. The molecule has 0 saturated carbocycles. The lowest BCUT2D eigenvalue weighted by Gasteiger charge is -2.29. The Balaban J connectivity index is 1.13. The van der Waals surface area contributed by atoms with Gasteiger partial charge in [0.05, 0.1) is 13.1 Å². The van der Waals surface area contributed by atoms with Gasteiger partial charge in [0, 0.05) is 42.0 Å². The summed E-state index contributed by atoms with van der Waals surface area (Å²) in [5.41, 5.74) is 5.50. The van der Waals surface area contributed by atoms with Crippen molar-refractivity contribution in [3.05, 3.63) is 70.2 Å². The number of anilines is 3. The first-order valence-corrected chi connectivity index (χ1v) is 12.2. The molecule has 1 aromatic heterocycles. The number of ether oxygens (including phenoxy) is 2. The van der Waals surface area contributed by atoms with Gasteiger partial charge < -0.3 is 14.4 Å². The van der Waals surface area contributed by atoms with Crippen LogP contribution in [0.4, 0.5) is 26.1 Å². The van der Waals surface area contributed by atoms with E-state index in [0.717, 1.165) is 42.4 Å². The van der Waals surface area contributed by atoms with Crippen LogP contribution in [-0.4, -0.2) is 50.0 Å². The number of thiazole rings is 1. The number of fused-ring (bicyclic) bond motifs is 1. The van der Waals surface area contributed by atoms with E-state index < -0.39 is 0 Å². The molecule has 0 bridgehead atoms. The van der Waals surface area contributed by atoms with Crippen LogP contribution in [0.3, 0.4) is 0 Å². The molecule has 0 aliphatic carbocycles. The third kappa shape index (κ3) is 3.96. The lowest BCUT2D eigenvalue weighted by Crippen LogP contribution is -2.31. The summed E-state index contributed by atoms with van der Waals surface area (Å²) in [4.78, 5) is 35.2. The first kappa shape index (κ1) is 21.0. The predicted molar refractivity (Wildman–Crippen MR) is 130 cm³/mol. The van der Waals surface area contributed by atoms with Crippen molar-refractivity contribution in [2.75, 3.05) is 47.5 Å². The molecule has 174 valence electrons. The summed E-state index contributed by atoms with van der Waals surface area (Å²) in [7, 11) is 0. The van der Waals surface area contributed by atoms with Gasteiger partial charge in [0.25, 0.3) is 0 Å². The highest BCUT2D eigenvalue weighted by molar-refractivity contribution is 7.15. The molecule has 34 heavy (non-hydrogen) atoms. The second-order valence-corrected chi connectivity index (χ2v) is 9.70. The van der Waals surface area contributed by atoms with E-state index in [0.29, 0.717) is 26.3 Å². The number of carbonyl (C=O) groups excluding carboxylic acids is 2. The Bertz CT molecular complexity index is 1240. The Kier molecular flexibility index (Phi) is 5.33. The van der Waals surface area contributed by atoms with Crippen LogP contribution in [0.1, 0.15) is 21.6 Å². The zero-order valence-electron chi connectivity index (χ0n) is 18.6. The van der Waals surface area contributed by atoms with Crippen LogP contribution in [0.15, 0.2) is 48.7 Å². The summed E-state index contributed by atoms with van der Waals surface area (Å²) in [5, 5.41) is 1.02. The third-order valence-corrected chi connectivity index (χ3v) is 7.53. The molecule has 0 unspecified atom stereocenters. The van der Waals surface area contributed by atoms with E-state index in [-0.39, 0.29) is 12.2 Å². The fraction of sp³-hybridized carbons (Fsp3) is 0.320. The van der Waals surface area contributed by atoms with E-state index in [1.54, 1.807) is 21.1 Å². The quantitative estimate of drug-likeness (QED) is 0.549. The molecule has 3 aliphatic rings. The second kappa shape index (κ2) is 8.64. The number of carbonyl (C=O) groups is 2. The van der Waals surface area contributed by atoms with Gasteiger partial charge in [0.2, 0.25) is 0 Å². The molecule has 9 heteroatoms. The summed E-state index contributed by atoms with van der Waals surface area (Å²) in [6, 6.07) is 14.3. The van der Waals surface area contributed by atoms with Crippen LogP contribution in [0.2, 0.25) is 0 Å². The fourth-order valence-corrected chi connectivity index (χ4v) is 5.62. The van der Waals surface area contributed by atoms with E-state index in [4.69, 9.17) is 14.5 Å². The maximum absolute atomic E-state index is 11.9. The van der Waals surface area contributed by atoms with Crippen LogP contribution in [0.25, 0.3) is 0 Å². The lowest BCUT2D eigenvalue weighted by atomic mass is 9.99. The van der Waals surface area contributed by atoms with Gasteiger partial charge in [-0.05, 0) is 47.4 Å². The Labute approximate surface area is 201 Å². The first-order chi connectivity index (χ1) is 16.6. The van der Waals surface area contributed by atoms with E-state index >= 15 is 0 Å². The van der Waals surface area contributed by atoms with Gasteiger partial charge in [-0.15, -0.1) is 11.3 Å². The smallest absolute Gasteiger partial charge is 0.414 e. The number of benzene rings is 2. The van der Waals surface area contributed by atoms with E-state index in [2.05, 4.69) is 29.2 Å². The molecule has 2 saturated heterocycles. The van der Waals surface area contributed by atoms with E-state index in [9.17, 15) is 9.59 Å². The maximum Gasteiger partial charge on any atom is 0.414 e. The van der Waals surface area contributed by atoms with Crippen LogP contribution in [0, 0.1) is 0 Å². The molecule has 2 aromatic carbocycles. The average molecular weight is 477 g/mol. The molecule has 4 heterocycles. The van der Waals surface area contributed by atoms with Gasteiger partial charge in [0.15, 0.2) is 5.13 Å². The molecule has 0 radical (unpaired) electrons. The number of cyclic esters (lactones) is 2. The summed E-state index contributed by atoms with van der Waals surface area (Å²) in [6.07, 6.45) is 3.16. The zero-order chi connectivity index (χ0) is 23.1. The van der Waals surface area contributed by atoms with Gasteiger partial charge in [-0.3, -0.25) is 9.80 Å². The van der Waals surface area contributed by atoms with Crippen molar-refractivity contribution in [1.29, 1.82) is 0 Å². The molecule has 0 spiro atoms. The Morgan fingerprint density at radius 3 is 2.26 bits per heavy atom. The third-order valence-electron chi connectivity index (χ3n) is 6.47. The summed E-state index contributed by atoms with van der Waals surface area (Å²) in [6.45, 7) is 3.78. The number of nitrogens with zero attached hydrogens (tertiary/aromatic N) is 4. The fourth-order valence-electron chi connectivity index (χ4n) is 4.65. The van der Waals surface area contributed by atoms with E-state index in [1.807, 2.05) is 24.4 Å². The van der Waals surface area contributed by atoms with Crippen LogP contribution >= 0.6 is 11.3 Å². The minimum absolute atomic E-state index is 0.273. The monoisotopic (exact) mass is 476 g/mol. The highest BCUT2D eigenvalue weighted by atomic mass is 32.1. The molecular formula is C25H24N4O4S. The Morgan fingerprint density at radius 1 is 0.853 bits per heavy atom. The molecule has 2 amide bonds. The summed E-state index contributed by atoms with van der Waals surface area (Å²) >= 11 is 1.71. The topological polar surface area (TPSA) is 75.2 Å². The van der Waals surface area contributed by atoms with Gasteiger partial charge in [-0.2, -0.15) is 0 Å². The number of rotatable bonds is 5. The minimum Gasteiger partial charge on any atom is -0.447 e. The van der Waals surface area contributed by atoms with Gasteiger partial charge in [-0.1, -0.05) is 18.2 Å². The van der Waals surface area contributed by atoms with Crippen molar-refractivity contribution in [2.45, 2.75) is 19.4 Å². The van der Waals surface area contributed by atoms with Crippen molar-refractivity contribution >= 4 is 40.0 Å². The van der Waals surface area contributed by atoms with Crippen molar-refractivity contribution in [3.8, 4) is 0 Å². The SMILES string of the molecule is O=C1OCCN1c1ccc(Cc2cnc(N3CCc4ccc(N5CCOC5=O)cc4C3)s2)cc1. The molecule has 3 aliphatic heterocycles. The molecule has 6 rings (SSSR count). The summed E-state index contributed by atoms with van der Waals surface area (Å²) in [5.74, 6) is 0. The van der Waals surface area contributed by atoms with Crippen LogP contribution in [-0.2, 0) is 28.9 Å². The number of aromatic nitrogens is 1. The van der Waals surface area contributed by atoms with Crippen molar-refractivity contribution in [3.63, 3.8) is 0 Å². The summed E-state index contributed by atoms with van der Waals surface area (Å²) < 4.78 is 10.1. The predicted octanol–water partition coefficient (Wildman–Crippen LogP) is 4.21.